The number of aliphatic hydroxyl groups is 1. The first-order chi connectivity index (χ1) is 6.84. The molecule has 0 spiro atoms. The number of hydrogen-bond donors (Lipinski definition) is 3. The van der Waals surface area contributed by atoms with Crippen molar-refractivity contribution in [3.8, 4) is 0 Å². The van der Waals surface area contributed by atoms with Crippen LogP contribution in [0.4, 0.5) is 0 Å². The second-order valence-corrected chi connectivity index (χ2v) is 4.16. The Morgan fingerprint density at radius 2 is 2.29 bits per heavy atom. The van der Waals surface area contributed by atoms with Crippen LogP contribution in [0.1, 0.15) is 45.4 Å². The fraction of sp³-hybridized carbons (Fsp3) is 1.00. The topological polar surface area (TPSA) is 44.3 Å². The van der Waals surface area contributed by atoms with Gasteiger partial charge in [-0.05, 0) is 32.4 Å². The average molecular weight is 200 g/mol. The number of hydrogen-bond acceptors (Lipinski definition) is 3. The zero-order valence-corrected chi connectivity index (χ0v) is 9.26. The summed E-state index contributed by atoms with van der Waals surface area (Å²) in [5.41, 5.74) is 0. The highest BCUT2D eigenvalue weighted by atomic mass is 16.3. The van der Waals surface area contributed by atoms with Gasteiger partial charge in [-0.1, -0.05) is 26.2 Å². The van der Waals surface area contributed by atoms with E-state index in [0.29, 0.717) is 0 Å². The molecule has 14 heavy (non-hydrogen) atoms. The third-order valence-electron chi connectivity index (χ3n) is 2.86. The summed E-state index contributed by atoms with van der Waals surface area (Å²) in [5.74, 6) is 0. The van der Waals surface area contributed by atoms with Crippen LogP contribution in [0.15, 0.2) is 0 Å². The molecule has 2 atom stereocenters. The van der Waals surface area contributed by atoms with E-state index in [1.165, 1.54) is 32.1 Å². The fourth-order valence-corrected chi connectivity index (χ4v) is 1.92. The molecule has 84 valence electrons. The van der Waals surface area contributed by atoms with Crippen molar-refractivity contribution in [1.82, 2.24) is 10.6 Å². The van der Waals surface area contributed by atoms with Crippen molar-refractivity contribution in [1.29, 1.82) is 0 Å². The van der Waals surface area contributed by atoms with Crippen molar-refractivity contribution in [2.45, 2.75) is 57.7 Å². The van der Waals surface area contributed by atoms with Crippen LogP contribution >= 0.6 is 0 Å². The van der Waals surface area contributed by atoms with Gasteiger partial charge in [0.2, 0.25) is 0 Å². The van der Waals surface area contributed by atoms with Gasteiger partial charge in [-0.3, -0.25) is 5.32 Å². The van der Waals surface area contributed by atoms with Crippen molar-refractivity contribution in [2.24, 2.45) is 0 Å². The van der Waals surface area contributed by atoms with Gasteiger partial charge in [0.1, 0.15) is 6.23 Å². The van der Waals surface area contributed by atoms with Crippen LogP contribution in [0.5, 0.6) is 0 Å². The van der Waals surface area contributed by atoms with Crippen LogP contribution in [0.3, 0.4) is 0 Å². The molecule has 0 radical (unpaired) electrons. The number of unbranched alkanes of at least 4 members (excludes halogenated alkanes) is 3. The Kier molecular flexibility index (Phi) is 6.15. The summed E-state index contributed by atoms with van der Waals surface area (Å²) in [6, 6.07) is 0.279. The predicted octanol–water partition coefficient (Wildman–Crippen LogP) is 1.23. The van der Waals surface area contributed by atoms with Gasteiger partial charge in [-0.2, -0.15) is 0 Å². The van der Waals surface area contributed by atoms with Gasteiger partial charge in [-0.25, -0.2) is 0 Å². The Morgan fingerprint density at radius 1 is 1.43 bits per heavy atom. The molecule has 1 fully saturated rings. The van der Waals surface area contributed by atoms with Crippen LogP contribution in [0.25, 0.3) is 0 Å². The van der Waals surface area contributed by atoms with Gasteiger partial charge in [0.25, 0.3) is 0 Å². The van der Waals surface area contributed by atoms with Crippen LogP contribution in [-0.4, -0.2) is 30.5 Å². The molecule has 0 aromatic carbocycles. The molecule has 1 heterocycles. The highest BCUT2D eigenvalue weighted by Crippen LogP contribution is 2.07. The average Bonchev–Trinajstić information content (AvgIpc) is 2.70. The Bertz CT molecular complexity index is 135. The van der Waals surface area contributed by atoms with Crippen LogP contribution in [0.2, 0.25) is 0 Å². The highest BCUT2D eigenvalue weighted by Gasteiger charge is 2.21. The van der Waals surface area contributed by atoms with Crippen LogP contribution in [-0.2, 0) is 0 Å². The Morgan fingerprint density at radius 3 is 2.93 bits per heavy atom. The molecule has 0 bridgehead atoms. The van der Waals surface area contributed by atoms with E-state index in [-0.39, 0.29) is 12.3 Å². The van der Waals surface area contributed by atoms with E-state index in [1.807, 2.05) is 0 Å². The first-order valence-corrected chi connectivity index (χ1v) is 5.99. The van der Waals surface area contributed by atoms with Crippen LogP contribution in [0, 0.1) is 0 Å². The molecule has 0 saturated carbocycles. The number of rotatable bonds is 7. The summed E-state index contributed by atoms with van der Waals surface area (Å²) in [4.78, 5) is 0. The quantitative estimate of drug-likeness (QED) is 0.428. The lowest BCUT2D eigenvalue weighted by Gasteiger charge is -2.19. The maximum Gasteiger partial charge on any atom is 0.120 e. The van der Waals surface area contributed by atoms with Crippen LogP contribution < -0.4 is 10.6 Å². The molecule has 0 amide bonds. The minimum absolute atomic E-state index is 0.279. The minimum Gasteiger partial charge on any atom is -0.377 e. The molecule has 1 aliphatic heterocycles. The Labute approximate surface area is 87.3 Å². The number of nitrogens with one attached hydrogen (secondary N) is 2. The molecular formula is C11H24N2O. The van der Waals surface area contributed by atoms with Crippen molar-refractivity contribution >= 4 is 0 Å². The second kappa shape index (κ2) is 7.21. The zero-order chi connectivity index (χ0) is 10.2. The summed E-state index contributed by atoms with van der Waals surface area (Å²) in [5, 5.41) is 16.2. The van der Waals surface area contributed by atoms with E-state index in [4.69, 9.17) is 0 Å². The third kappa shape index (κ3) is 4.40. The monoisotopic (exact) mass is 200 g/mol. The second-order valence-electron chi connectivity index (χ2n) is 4.16. The molecular weight excluding hydrogens is 176 g/mol. The molecule has 1 aliphatic rings. The Balaban J connectivity index is 1.94. The highest BCUT2D eigenvalue weighted by molar-refractivity contribution is 4.79. The summed E-state index contributed by atoms with van der Waals surface area (Å²) in [6.45, 7) is 4.21. The van der Waals surface area contributed by atoms with Crippen molar-refractivity contribution in [3.63, 3.8) is 0 Å². The summed E-state index contributed by atoms with van der Waals surface area (Å²) >= 11 is 0. The van der Waals surface area contributed by atoms with Gasteiger partial charge in [0.05, 0.1) is 0 Å². The zero-order valence-electron chi connectivity index (χ0n) is 9.26. The lowest BCUT2D eigenvalue weighted by Crippen LogP contribution is -2.45. The molecule has 1 rings (SSSR count). The van der Waals surface area contributed by atoms with E-state index < -0.39 is 0 Å². The van der Waals surface area contributed by atoms with E-state index in [0.717, 1.165) is 19.5 Å². The van der Waals surface area contributed by atoms with Gasteiger partial charge >= 0.3 is 0 Å². The minimum atomic E-state index is -0.348. The molecule has 3 N–H and O–H groups in total. The first kappa shape index (κ1) is 12.0. The summed E-state index contributed by atoms with van der Waals surface area (Å²) in [7, 11) is 0. The van der Waals surface area contributed by atoms with Crippen molar-refractivity contribution in [2.75, 3.05) is 13.1 Å². The normalized spacial score (nSPS) is 24.0. The lowest BCUT2D eigenvalue weighted by molar-refractivity contribution is 0.101. The first-order valence-electron chi connectivity index (χ1n) is 5.99. The summed E-state index contributed by atoms with van der Waals surface area (Å²) in [6.07, 6.45) is 6.97. The van der Waals surface area contributed by atoms with Crippen molar-refractivity contribution in [3.05, 3.63) is 0 Å². The van der Waals surface area contributed by atoms with E-state index in [1.54, 1.807) is 0 Å². The van der Waals surface area contributed by atoms with E-state index >= 15 is 0 Å². The third-order valence-corrected chi connectivity index (χ3v) is 2.86. The standard InChI is InChI=1S/C11H24N2O/c1-2-3-4-5-8-13-11(14)10-7-6-9-12-10/h10-14H,2-9H2,1H3/t10-,11?/m0/s1. The molecule has 0 aromatic heterocycles. The van der Waals surface area contributed by atoms with E-state index in [2.05, 4.69) is 17.6 Å². The number of aliphatic hydroxyl groups excluding tert-OH is 1. The molecule has 3 heteroatoms. The fourth-order valence-electron chi connectivity index (χ4n) is 1.92. The van der Waals surface area contributed by atoms with E-state index in [9.17, 15) is 5.11 Å². The molecule has 1 unspecified atom stereocenters. The van der Waals surface area contributed by atoms with Gasteiger partial charge in [0, 0.05) is 6.04 Å². The van der Waals surface area contributed by atoms with Gasteiger partial charge in [0.15, 0.2) is 0 Å². The SMILES string of the molecule is CCCCCCNC(O)[C@@H]1CCCN1. The van der Waals surface area contributed by atoms with Gasteiger partial charge in [-0.15, -0.1) is 0 Å². The molecule has 1 saturated heterocycles. The largest absolute Gasteiger partial charge is 0.377 e. The maximum atomic E-state index is 9.73. The molecule has 0 aliphatic carbocycles. The van der Waals surface area contributed by atoms with Crippen molar-refractivity contribution < 1.29 is 5.11 Å². The molecule has 3 nitrogen and oxygen atoms in total. The molecule has 0 aromatic rings. The Hall–Kier alpha value is -0.120. The maximum absolute atomic E-state index is 9.73. The smallest absolute Gasteiger partial charge is 0.120 e. The predicted molar refractivity (Wildman–Crippen MR) is 59.2 cm³/mol. The van der Waals surface area contributed by atoms with Gasteiger partial charge < -0.3 is 10.4 Å². The lowest BCUT2D eigenvalue weighted by atomic mass is 10.2. The summed E-state index contributed by atoms with van der Waals surface area (Å²) < 4.78 is 0.